The number of nitrogens with two attached hydrogens (primary N) is 1. The van der Waals surface area contributed by atoms with Gasteiger partial charge in [0.05, 0.1) is 17.6 Å². The molecular formula is C19H21F5N4O3S. The van der Waals surface area contributed by atoms with Crippen LogP contribution in [0.4, 0.5) is 22.0 Å². The minimum absolute atomic E-state index is 0.0228. The Morgan fingerprint density at radius 2 is 1.91 bits per heavy atom. The van der Waals surface area contributed by atoms with E-state index in [0.29, 0.717) is 17.0 Å². The van der Waals surface area contributed by atoms with Crippen LogP contribution in [0.3, 0.4) is 0 Å². The number of hydrogen-bond acceptors (Lipinski definition) is 6. The molecule has 1 aromatic carbocycles. The summed E-state index contributed by atoms with van der Waals surface area (Å²) in [6.45, 7) is 1.54. The summed E-state index contributed by atoms with van der Waals surface area (Å²) in [4.78, 5) is 1.48. The number of ether oxygens (including phenoxy) is 1. The molecule has 2 aromatic rings. The van der Waals surface area contributed by atoms with Crippen molar-refractivity contribution in [2.24, 2.45) is 5.73 Å². The highest BCUT2D eigenvalue weighted by molar-refractivity contribution is 7.89. The van der Waals surface area contributed by atoms with Crippen LogP contribution in [0.25, 0.3) is 0 Å². The first-order valence-electron chi connectivity index (χ1n) is 9.72. The second-order valence-corrected chi connectivity index (χ2v) is 9.99. The summed E-state index contributed by atoms with van der Waals surface area (Å²) in [6, 6.07) is 0.226. The topological polar surface area (TPSA) is 90.5 Å². The van der Waals surface area contributed by atoms with Gasteiger partial charge in [-0.15, -0.1) is 0 Å². The van der Waals surface area contributed by atoms with E-state index in [1.165, 1.54) is 11.8 Å². The zero-order chi connectivity index (χ0) is 23.6. The van der Waals surface area contributed by atoms with Crippen molar-refractivity contribution < 1.29 is 35.1 Å². The van der Waals surface area contributed by atoms with Gasteiger partial charge in [-0.2, -0.15) is 22.4 Å². The molecule has 7 nitrogen and oxygen atoms in total. The summed E-state index contributed by atoms with van der Waals surface area (Å²) in [5.41, 5.74) is 6.93. The molecule has 2 N–H and O–H groups in total. The van der Waals surface area contributed by atoms with Gasteiger partial charge in [-0.3, -0.25) is 4.90 Å². The largest absolute Gasteiger partial charge is 0.416 e. The maximum atomic E-state index is 14.2. The quantitative estimate of drug-likeness (QED) is 0.679. The molecule has 0 unspecified atom stereocenters. The molecule has 3 heterocycles. The van der Waals surface area contributed by atoms with Crippen molar-refractivity contribution in [3.05, 3.63) is 52.3 Å². The third-order valence-electron chi connectivity index (χ3n) is 5.91. The number of alkyl halides is 3. The molecule has 0 saturated carbocycles. The van der Waals surface area contributed by atoms with Gasteiger partial charge < -0.3 is 10.5 Å². The lowest BCUT2D eigenvalue weighted by Gasteiger charge is -2.44. The number of rotatable bonds is 3. The van der Waals surface area contributed by atoms with Crippen LogP contribution in [0.5, 0.6) is 0 Å². The van der Waals surface area contributed by atoms with Crippen molar-refractivity contribution in [3.63, 3.8) is 0 Å². The summed E-state index contributed by atoms with van der Waals surface area (Å²) in [5.74, 6) is -1.72. The molecule has 2 aliphatic rings. The SMILES string of the molecule is Cc1c2c(nn1S(C)(=O)=O)CN([C@@H]1C[C@H](N)[C@@H](c3cc(F)ccc3F)O[C@@H]1C(F)(F)F)C2. The average Bonchev–Trinajstić information content (AvgIpc) is 3.22. The Kier molecular flexibility index (Phi) is 5.59. The Balaban J connectivity index is 1.63. The van der Waals surface area contributed by atoms with E-state index >= 15 is 0 Å². The predicted molar refractivity (Wildman–Crippen MR) is 103 cm³/mol. The zero-order valence-corrected chi connectivity index (χ0v) is 17.9. The van der Waals surface area contributed by atoms with Crippen molar-refractivity contribution in [2.45, 2.75) is 56.9 Å². The predicted octanol–water partition coefficient (Wildman–Crippen LogP) is 2.38. The van der Waals surface area contributed by atoms with Crippen LogP contribution in [0.15, 0.2) is 18.2 Å². The Morgan fingerprint density at radius 1 is 1.22 bits per heavy atom. The lowest BCUT2D eigenvalue weighted by molar-refractivity contribution is -0.269. The molecule has 13 heteroatoms. The highest BCUT2D eigenvalue weighted by Gasteiger charge is 2.54. The molecule has 4 atom stereocenters. The molecule has 0 bridgehead atoms. The van der Waals surface area contributed by atoms with Gasteiger partial charge in [-0.1, -0.05) is 0 Å². The Labute approximate surface area is 181 Å². The van der Waals surface area contributed by atoms with Crippen molar-refractivity contribution in [3.8, 4) is 0 Å². The molecule has 32 heavy (non-hydrogen) atoms. The van der Waals surface area contributed by atoms with Crippen molar-refractivity contribution in [1.82, 2.24) is 14.1 Å². The third kappa shape index (κ3) is 4.02. The standard InChI is InChI=1S/C19H21F5N4O3S/c1-9-12-7-27(8-15(12)26-28(9)32(2,29)30)16-6-14(25)17(31-18(16)19(22,23)24)11-5-10(20)3-4-13(11)21/h3-5,14,16-18H,6-8,25H2,1-2H3/t14-,16+,17+,18-/m0/s1. The highest BCUT2D eigenvalue weighted by Crippen LogP contribution is 2.42. The number of nitrogens with zero attached hydrogens (tertiary/aromatic N) is 3. The van der Waals surface area contributed by atoms with E-state index < -0.39 is 52.1 Å². The molecule has 0 spiro atoms. The number of benzene rings is 1. The summed E-state index contributed by atoms with van der Waals surface area (Å²) in [7, 11) is -3.65. The molecule has 4 rings (SSSR count). The average molecular weight is 480 g/mol. The van der Waals surface area contributed by atoms with Crippen LogP contribution in [0.1, 0.15) is 35.0 Å². The molecule has 1 aromatic heterocycles. The minimum atomic E-state index is -4.80. The van der Waals surface area contributed by atoms with E-state index in [4.69, 9.17) is 10.5 Å². The monoisotopic (exact) mass is 480 g/mol. The van der Waals surface area contributed by atoms with Gasteiger partial charge in [-0.25, -0.2) is 17.2 Å². The molecule has 176 valence electrons. The minimum Gasteiger partial charge on any atom is -0.357 e. The molecule has 1 saturated heterocycles. The van der Waals surface area contributed by atoms with Crippen LogP contribution in [-0.2, 0) is 27.8 Å². The number of fused-ring (bicyclic) bond motifs is 1. The Hall–Kier alpha value is -2.09. The Morgan fingerprint density at radius 3 is 2.50 bits per heavy atom. The van der Waals surface area contributed by atoms with Gasteiger partial charge in [0.1, 0.15) is 17.7 Å². The van der Waals surface area contributed by atoms with Crippen LogP contribution in [-0.4, -0.2) is 53.1 Å². The van der Waals surface area contributed by atoms with E-state index in [0.717, 1.165) is 28.5 Å². The first-order valence-corrected chi connectivity index (χ1v) is 11.6. The lowest BCUT2D eigenvalue weighted by Crippen LogP contribution is -2.58. The van der Waals surface area contributed by atoms with Crippen LogP contribution in [0.2, 0.25) is 0 Å². The first kappa shape index (κ1) is 23.1. The van der Waals surface area contributed by atoms with E-state index in [9.17, 15) is 30.4 Å². The van der Waals surface area contributed by atoms with Crippen LogP contribution >= 0.6 is 0 Å². The van der Waals surface area contributed by atoms with Gasteiger partial charge >= 0.3 is 6.18 Å². The molecular weight excluding hydrogens is 459 g/mol. The highest BCUT2D eigenvalue weighted by atomic mass is 32.2. The first-order chi connectivity index (χ1) is 14.8. The summed E-state index contributed by atoms with van der Waals surface area (Å²) < 4.78 is 99.4. The van der Waals surface area contributed by atoms with Gasteiger partial charge in [-0.05, 0) is 31.5 Å². The van der Waals surface area contributed by atoms with Crippen molar-refractivity contribution in [2.75, 3.05) is 6.26 Å². The maximum Gasteiger partial charge on any atom is 0.416 e. The van der Waals surface area contributed by atoms with Crippen LogP contribution in [0, 0.1) is 18.6 Å². The van der Waals surface area contributed by atoms with Gasteiger partial charge in [0.2, 0.25) is 0 Å². The van der Waals surface area contributed by atoms with Gasteiger partial charge in [0, 0.05) is 36.3 Å². The Bertz CT molecular complexity index is 1150. The molecule has 2 aliphatic heterocycles. The number of halogens is 5. The summed E-state index contributed by atoms with van der Waals surface area (Å²) in [6.07, 6.45) is -7.79. The number of hydrogen-bond donors (Lipinski definition) is 1. The molecule has 0 amide bonds. The van der Waals surface area contributed by atoms with Crippen LogP contribution < -0.4 is 5.73 Å². The summed E-state index contributed by atoms with van der Waals surface area (Å²) >= 11 is 0. The lowest BCUT2D eigenvalue weighted by atomic mass is 9.89. The maximum absolute atomic E-state index is 14.2. The van der Waals surface area contributed by atoms with E-state index in [1.54, 1.807) is 0 Å². The van der Waals surface area contributed by atoms with E-state index in [-0.39, 0.29) is 25.1 Å². The molecule has 1 fully saturated rings. The zero-order valence-electron chi connectivity index (χ0n) is 17.1. The summed E-state index contributed by atoms with van der Waals surface area (Å²) in [5, 5.41) is 4.04. The molecule has 0 radical (unpaired) electrons. The molecule has 0 aliphatic carbocycles. The third-order valence-corrected chi connectivity index (χ3v) is 6.90. The fourth-order valence-electron chi connectivity index (χ4n) is 4.46. The van der Waals surface area contributed by atoms with E-state index in [1.807, 2.05) is 0 Å². The van der Waals surface area contributed by atoms with Crippen molar-refractivity contribution >= 4 is 10.0 Å². The normalized spacial score (nSPS) is 27.0. The van der Waals surface area contributed by atoms with Gasteiger partial charge in [0.15, 0.2) is 6.10 Å². The fourth-order valence-corrected chi connectivity index (χ4v) is 5.31. The fraction of sp³-hybridized carbons (Fsp3) is 0.526. The smallest absolute Gasteiger partial charge is 0.357 e. The van der Waals surface area contributed by atoms with E-state index in [2.05, 4.69) is 5.10 Å². The second-order valence-electron chi connectivity index (χ2n) is 8.17. The van der Waals surface area contributed by atoms with Crippen molar-refractivity contribution in [1.29, 1.82) is 0 Å². The number of aromatic nitrogens is 2. The van der Waals surface area contributed by atoms with Gasteiger partial charge in [0.25, 0.3) is 10.0 Å². The second kappa shape index (κ2) is 7.75.